The minimum Gasteiger partial charge on any atom is -0.282 e. The van der Waals surface area contributed by atoms with Crippen molar-refractivity contribution < 1.29 is 9.18 Å². The first-order valence-corrected chi connectivity index (χ1v) is 9.24. The van der Waals surface area contributed by atoms with Gasteiger partial charge >= 0.3 is 0 Å². The number of halogens is 1. The summed E-state index contributed by atoms with van der Waals surface area (Å²) < 4.78 is 13.5. The average molecular weight is 369 g/mol. The minimum atomic E-state index is -0.432. The van der Waals surface area contributed by atoms with Gasteiger partial charge in [-0.1, -0.05) is 55.5 Å². The van der Waals surface area contributed by atoms with Crippen molar-refractivity contribution in [3.63, 3.8) is 0 Å². The smallest absolute Gasteiger partial charge is 0.260 e. The summed E-state index contributed by atoms with van der Waals surface area (Å²) in [5, 5.41) is 9.79. The first-order valence-electron chi connectivity index (χ1n) is 8.42. The molecule has 134 valence electrons. The zero-order valence-corrected chi connectivity index (χ0v) is 15.8. The number of hydrogen-bond acceptors (Lipinski definition) is 4. The zero-order valence-electron chi connectivity index (χ0n) is 14.9. The van der Waals surface area contributed by atoms with Gasteiger partial charge in [-0.05, 0) is 36.6 Å². The molecule has 0 aliphatic rings. The molecule has 0 aliphatic heterocycles. The molecule has 0 aliphatic carbocycles. The molecule has 0 saturated heterocycles. The lowest BCUT2D eigenvalue weighted by Crippen LogP contribution is -2.34. The molecule has 0 radical (unpaired) electrons. The molecule has 0 saturated carbocycles. The molecule has 0 fully saturated rings. The molecule has 0 spiro atoms. The Balaban J connectivity index is 1.96. The molecule has 3 rings (SSSR count). The predicted octanol–water partition coefficient (Wildman–Crippen LogP) is 4.96. The normalized spacial score (nSPS) is 11.0. The fraction of sp³-hybridized carbons (Fsp3) is 0.250. The highest BCUT2D eigenvalue weighted by Crippen LogP contribution is 2.31. The second kappa shape index (κ2) is 7.74. The van der Waals surface area contributed by atoms with Gasteiger partial charge in [0.05, 0.1) is 0 Å². The second-order valence-electron chi connectivity index (χ2n) is 6.52. The van der Waals surface area contributed by atoms with Gasteiger partial charge in [-0.2, -0.15) is 0 Å². The van der Waals surface area contributed by atoms with E-state index in [0.717, 1.165) is 16.1 Å². The molecule has 0 bridgehead atoms. The van der Waals surface area contributed by atoms with Crippen LogP contribution in [-0.4, -0.2) is 22.6 Å². The summed E-state index contributed by atoms with van der Waals surface area (Å²) in [6.45, 7) is 6.54. The van der Waals surface area contributed by atoms with Gasteiger partial charge < -0.3 is 0 Å². The molecule has 1 heterocycles. The van der Waals surface area contributed by atoms with E-state index in [1.165, 1.54) is 29.5 Å². The fourth-order valence-corrected chi connectivity index (χ4v) is 3.58. The number of amides is 1. The van der Waals surface area contributed by atoms with Crippen LogP contribution < -0.4 is 4.90 Å². The molecule has 6 heteroatoms. The highest BCUT2D eigenvalue weighted by Gasteiger charge is 2.23. The Morgan fingerprint density at radius 2 is 1.92 bits per heavy atom. The highest BCUT2D eigenvalue weighted by molar-refractivity contribution is 7.18. The van der Waals surface area contributed by atoms with Crippen molar-refractivity contribution in [2.75, 3.05) is 11.4 Å². The maximum absolute atomic E-state index is 13.5. The van der Waals surface area contributed by atoms with Gasteiger partial charge in [0.1, 0.15) is 10.8 Å². The average Bonchev–Trinajstić information content (AvgIpc) is 3.09. The Kier molecular flexibility index (Phi) is 5.42. The van der Waals surface area contributed by atoms with Gasteiger partial charge in [0.25, 0.3) is 5.91 Å². The quantitative estimate of drug-likeness (QED) is 0.639. The Hall–Kier alpha value is -2.60. The Morgan fingerprint density at radius 1 is 1.15 bits per heavy atom. The predicted molar refractivity (Wildman–Crippen MR) is 103 cm³/mol. The number of carbonyl (C=O) groups excluding carboxylic acids is 1. The standard InChI is InChI=1S/C20H20FN3OS/c1-13(2)12-24(19(25)15-8-6-9-16(21)11-15)20-23-22-18(26-20)17-10-5-4-7-14(17)3/h4-11,13H,12H2,1-3H3. The number of benzene rings is 2. The van der Waals surface area contributed by atoms with E-state index in [-0.39, 0.29) is 11.8 Å². The van der Waals surface area contributed by atoms with Crippen LogP contribution in [0.4, 0.5) is 9.52 Å². The van der Waals surface area contributed by atoms with Crippen molar-refractivity contribution >= 4 is 22.4 Å². The van der Waals surface area contributed by atoms with Gasteiger partial charge in [-0.3, -0.25) is 9.69 Å². The van der Waals surface area contributed by atoms with Gasteiger partial charge in [0, 0.05) is 17.7 Å². The second-order valence-corrected chi connectivity index (χ2v) is 7.48. The van der Waals surface area contributed by atoms with Crippen LogP contribution in [0.1, 0.15) is 29.8 Å². The zero-order chi connectivity index (χ0) is 18.7. The third-order valence-electron chi connectivity index (χ3n) is 3.89. The Bertz CT molecular complexity index is 923. The van der Waals surface area contributed by atoms with Gasteiger partial charge in [0.15, 0.2) is 0 Å². The first-order chi connectivity index (χ1) is 12.5. The van der Waals surface area contributed by atoms with E-state index in [1.807, 2.05) is 45.0 Å². The van der Waals surface area contributed by atoms with E-state index >= 15 is 0 Å². The lowest BCUT2D eigenvalue weighted by molar-refractivity contribution is 0.0983. The molecule has 2 aromatic carbocycles. The number of aromatic nitrogens is 2. The lowest BCUT2D eigenvalue weighted by Gasteiger charge is -2.21. The minimum absolute atomic E-state index is 0.235. The Labute approximate surface area is 156 Å². The number of carbonyl (C=O) groups is 1. The van der Waals surface area contributed by atoms with Crippen molar-refractivity contribution in [2.24, 2.45) is 5.92 Å². The van der Waals surface area contributed by atoms with Crippen LogP contribution in [0.15, 0.2) is 48.5 Å². The Morgan fingerprint density at radius 3 is 2.62 bits per heavy atom. The topological polar surface area (TPSA) is 46.1 Å². The largest absolute Gasteiger partial charge is 0.282 e. The van der Waals surface area contributed by atoms with E-state index in [4.69, 9.17) is 0 Å². The van der Waals surface area contributed by atoms with E-state index in [9.17, 15) is 9.18 Å². The maximum Gasteiger partial charge on any atom is 0.260 e. The summed E-state index contributed by atoms with van der Waals surface area (Å²) >= 11 is 1.37. The van der Waals surface area contributed by atoms with Crippen LogP contribution in [0.3, 0.4) is 0 Å². The van der Waals surface area contributed by atoms with Crippen LogP contribution in [0, 0.1) is 18.7 Å². The first kappa shape index (κ1) is 18.2. The summed E-state index contributed by atoms with van der Waals surface area (Å²) in [5.41, 5.74) is 2.40. The third-order valence-corrected chi connectivity index (χ3v) is 4.86. The molecule has 0 N–H and O–H groups in total. The molecule has 0 atom stereocenters. The summed E-state index contributed by atoms with van der Waals surface area (Å²) in [5.74, 6) is -0.470. The summed E-state index contributed by atoms with van der Waals surface area (Å²) in [6.07, 6.45) is 0. The molecular formula is C20H20FN3OS. The molecule has 1 amide bonds. The monoisotopic (exact) mass is 369 g/mol. The van der Waals surface area contributed by atoms with Crippen molar-refractivity contribution in [3.8, 4) is 10.6 Å². The van der Waals surface area contributed by atoms with Gasteiger partial charge in [0.2, 0.25) is 5.13 Å². The summed E-state index contributed by atoms with van der Waals surface area (Å²) in [4.78, 5) is 14.5. The van der Waals surface area contributed by atoms with Gasteiger partial charge in [-0.25, -0.2) is 4.39 Å². The number of rotatable bonds is 5. The fourth-order valence-electron chi connectivity index (χ4n) is 2.64. The SMILES string of the molecule is Cc1ccccc1-c1nnc(N(CC(C)C)C(=O)c2cccc(F)c2)s1. The molecule has 3 aromatic rings. The molecule has 26 heavy (non-hydrogen) atoms. The molecule has 1 aromatic heterocycles. The molecule has 4 nitrogen and oxygen atoms in total. The lowest BCUT2D eigenvalue weighted by atomic mass is 10.1. The summed E-state index contributed by atoms with van der Waals surface area (Å²) in [7, 11) is 0. The van der Waals surface area contributed by atoms with E-state index < -0.39 is 5.82 Å². The van der Waals surface area contributed by atoms with Crippen molar-refractivity contribution in [1.82, 2.24) is 10.2 Å². The highest BCUT2D eigenvalue weighted by atomic mass is 32.1. The van der Waals surface area contributed by atoms with E-state index in [1.54, 1.807) is 11.0 Å². The van der Waals surface area contributed by atoms with Crippen LogP contribution in [-0.2, 0) is 0 Å². The number of aryl methyl sites for hydroxylation is 1. The van der Waals surface area contributed by atoms with Crippen molar-refractivity contribution in [1.29, 1.82) is 0 Å². The molecular weight excluding hydrogens is 349 g/mol. The van der Waals surface area contributed by atoms with E-state index in [2.05, 4.69) is 10.2 Å². The number of anilines is 1. The number of nitrogens with zero attached hydrogens (tertiary/aromatic N) is 3. The van der Waals surface area contributed by atoms with Crippen LogP contribution >= 0.6 is 11.3 Å². The van der Waals surface area contributed by atoms with Gasteiger partial charge in [-0.15, -0.1) is 10.2 Å². The molecule has 0 unspecified atom stereocenters. The summed E-state index contributed by atoms with van der Waals surface area (Å²) in [6, 6.07) is 13.6. The van der Waals surface area contributed by atoms with Crippen LogP contribution in [0.5, 0.6) is 0 Å². The third kappa shape index (κ3) is 3.96. The van der Waals surface area contributed by atoms with Crippen LogP contribution in [0.25, 0.3) is 10.6 Å². The number of hydrogen-bond donors (Lipinski definition) is 0. The van der Waals surface area contributed by atoms with Crippen LogP contribution in [0.2, 0.25) is 0 Å². The van der Waals surface area contributed by atoms with E-state index in [0.29, 0.717) is 17.2 Å². The van der Waals surface area contributed by atoms with Crippen molar-refractivity contribution in [3.05, 3.63) is 65.5 Å². The maximum atomic E-state index is 13.5. The van der Waals surface area contributed by atoms with Crippen molar-refractivity contribution in [2.45, 2.75) is 20.8 Å².